The highest BCUT2D eigenvalue weighted by Crippen LogP contribution is 2.27. The van der Waals surface area contributed by atoms with Crippen LogP contribution in [-0.2, 0) is 0 Å². The summed E-state index contributed by atoms with van der Waals surface area (Å²) in [6, 6.07) is 3.45. The van der Waals surface area contributed by atoms with Crippen molar-refractivity contribution >= 4 is 11.9 Å². The van der Waals surface area contributed by atoms with Gasteiger partial charge in [0.1, 0.15) is 11.6 Å². The topological polar surface area (TPSA) is 111 Å². The number of anilines is 2. The Morgan fingerprint density at radius 3 is 2.25 bits per heavy atom. The van der Waals surface area contributed by atoms with E-state index in [1.165, 1.54) is 12.1 Å². The van der Waals surface area contributed by atoms with Crippen LogP contribution in [0, 0.1) is 5.82 Å². The third-order valence-electron chi connectivity index (χ3n) is 1.87. The number of rotatable bonds is 1. The first-order valence-corrected chi connectivity index (χ1v) is 4.32. The minimum absolute atomic E-state index is 0.0637. The molecule has 0 spiro atoms. The number of nitrogen functional groups attached to an aromatic ring is 2. The Bertz CT molecular complexity index is 525. The van der Waals surface area contributed by atoms with Crippen molar-refractivity contribution in [3.8, 4) is 17.1 Å². The maximum absolute atomic E-state index is 12.8. The summed E-state index contributed by atoms with van der Waals surface area (Å²) in [7, 11) is 0. The molecule has 0 saturated carbocycles. The maximum Gasteiger partial charge on any atom is 0.225 e. The van der Waals surface area contributed by atoms with E-state index in [1.807, 2.05) is 0 Å². The zero-order valence-electron chi connectivity index (χ0n) is 8.05. The van der Waals surface area contributed by atoms with Crippen LogP contribution in [0.1, 0.15) is 0 Å². The van der Waals surface area contributed by atoms with Gasteiger partial charge in [-0.1, -0.05) is 0 Å². The first-order valence-electron chi connectivity index (χ1n) is 4.32. The van der Waals surface area contributed by atoms with Crippen LogP contribution in [0.4, 0.5) is 16.3 Å². The van der Waals surface area contributed by atoms with Crippen molar-refractivity contribution in [2.75, 3.05) is 11.5 Å². The largest absolute Gasteiger partial charge is 0.507 e. The van der Waals surface area contributed by atoms with Gasteiger partial charge < -0.3 is 16.6 Å². The fourth-order valence-electron chi connectivity index (χ4n) is 1.22. The zero-order valence-corrected chi connectivity index (χ0v) is 8.05. The summed E-state index contributed by atoms with van der Waals surface area (Å²) in [6.45, 7) is 0. The average molecular weight is 221 g/mol. The van der Waals surface area contributed by atoms with Crippen molar-refractivity contribution in [2.24, 2.45) is 0 Å². The number of phenolic OH excluding ortho intramolecular Hbond substituents is 1. The molecule has 2 rings (SSSR count). The van der Waals surface area contributed by atoms with E-state index in [1.54, 1.807) is 0 Å². The minimum Gasteiger partial charge on any atom is -0.507 e. The number of aromatic hydroxyl groups is 1. The number of phenols is 1. The molecule has 2 aromatic rings. The van der Waals surface area contributed by atoms with Gasteiger partial charge in [0.05, 0.1) is 5.56 Å². The molecule has 0 unspecified atom stereocenters. The molecular formula is C9H8FN5O. The molecule has 1 heterocycles. The predicted molar refractivity (Wildman–Crippen MR) is 55.7 cm³/mol. The number of aromatic nitrogens is 3. The van der Waals surface area contributed by atoms with E-state index in [0.717, 1.165) is 6.07 Å². The summed E-state index contributed by atoms with van der Waals surface area (Å²) >= 11 is 0. The molecule has 6 nitrogen and oxygen atoms in total. The molecule has 0 fully saturated rings. The van der Waals surface area contributed by atoms with Gasteiger partial charge in [0.25, 0.3) is 0 Å². The Morgan fingerprint density at radius 1 is 1.06 bits per heavy atom. The van der Waals surface area contributed by atoms with Crippen molar-refractivity contribution in [1.29, 1.82) is 0 Å². The summed E-state index contributed by atoms with van der Waals surface area (Å²) in [5.74, 6) is -0.874. The van der Waals surface area contributed by atoms with Crippen LogP contribution < -0.4 is 11.5 Å². The first-order chi connectivity index (χ1) is 7.56. The lowest BCUT2D eigenvalue weighted by atomic mass is 10.2. The van der Waals surface area contributed by atoms with Crippen LogP contribution in [0.25, 0.3) is 11.4 Å². The summed E-state index contributed by atoms with van der Waals surface area (Å²) in [6.07, 6.45) is 0. The summed E-state index contributed by atoms with van der Waals surface area (Å²) < 4.78 is 12.8. The number of halogens is 1. The Hall–Kier alpha value is -2.44. The molecule has 0 aliphatic rings. The molecule has 16 heavy (non-hydrogen) atoms. The molecule has 1 aromatic heterocycles. The second kappa shape index (κ2) is 3.61. The fourth-order valence-corrected chi connectivity index (χ4v) is 1.22. The van der Waals surface area contributed by atoms with Gasteiger partial charge >= 0.3 is 0 Å². The summed E-state index contributed by atoms with van der Waals surface area (Å²) in [4.78, 5) is 11.2. The van der Waals surface area contributed by atoms with Gasteiger partial charge in [-0.2, -0.15) is 15.0 Å². The van der Waals surface area contributed by atoms with Gasteiger partial charge in [-0.15, -0.1) is 0 Å². The maximum atomic E-state index is 12.8. The van der Waals surface area contributed by atoms with E-state index in [2.05, 4.69) is 15.0 Å². The molecule has 82 valence electrons. The monoisotopic (exact) mass is 221 g/mol. The van der Waals surface area contributed by atoms with E-state index < -0.39 is 5.82 Å². The molecule has 0 aliphatic heterocycles. The number of nitrogens with two attached hydrogens (primary N) is 2. The van der Waals surface area contributed by atoms with E-state index in [-0.39, 0.29) is 29.0 Å². The molecule has 7 heteroatoms. The van der Waals surface area contributed by atoms with Crippen molar-refractivity contribution in [1.82, 2.24) is 15.0 Å². The zero-order chi connectivity index (χ0) is 11.7. The highest BCUT2D eigenvalue weighted by Gasteiger charge is 2.10. The minimum atomic E-state index is -0.559. The van der Waals surface area contributed by atoms with Crippen LogP contribution in [0.5, 0.6) is 5.75 Å². The van der Waals surface area contributed by atoms with Crippen LogP contribution in [0.2, 0.25) is 0 Å². The SMILES string of the molecule is Nc1nc(N)nc(-c2ccc(F)cc2O)n1. The van der Waals surface area contributed by atoms with Crippen LogP contribution in [0.15, 0.2) is 18.2 Å². The lowest BCUT2D eigenvalue weighted by molar-refractivity contribution is 0.470. The second-order valence-electron chi connectivity index (χ2n) is 3.04. The van der Waals surface area contributed by atoms with Gasteiger partial charge in [0.15, 0.2) is 5.82 Å². The molecule has 0 radical (unpaired) electrons. The molecule has 0 atom stereocenters. The first kappa shape index (κ1) is 10.1. The van der Waals surface area contributed by atoms with E-state index in [9.17, 15) is 9.50 Å². The number of nitrogens with zero attached hydrogens (tertiary/aromatic N) is 3. The third kappa shape index (κ3) is 1.83. The number of hydrogen-bond acceptors (Lipinski definition) is 6. The van der Waals surface area contributed by atoms with E-state index in [4.69, 9.17) is 11.5 Å². The number of hydrogen-bond donors (Lipinski definition) is 3. The molecule has 0 amide bonds. The quantitative estimate of drug-likeness (QED) is 0.648. The van der Waals surface area contributed by atoms with Gasteiger partial charge in [0.2, 0.25) is 11.9 Å². The van der Waals surface area contributed by atoms with Gasteiger partial charge in [0, 0.05) is 6.07 Å². The standard InChI is InChI=1S/C9H8FN5O/c10-4-1-2-5(6(16)3-4)7-13-8(11)15-9(12)14-7/h1-3,16H,(H4,11,12,13,14,15). The Kier molecular flexibility index (Phi) is 2.28. The average Bonchev–Trinajstić information content (AvgIpc) is 2.15. The van der Waals surface area contributed by atoms with Gasteiger partial charge in [-0.3, -0.25) is 0 Å². The number of benzene rings is 1. The second-order valence-corrected chi connectivity index (χ2v) is 3.04. The summed E-state index contributed by atoms with van der Waals surface area (Å²) in [5, 5.41) is 9.50. The van der Waals surface area contributed by atoms with E-state index in [0.29, 0.717) is 0 Å². The Labute approximate surface area is 89.8 Å². The molecule has 1 aromatic carbocycles. The highest BCUT2D eigenvalue weighted by molar-refractivity contribution is 5.64. The molecular weight excluding hydrogens is 213 g/mol. The molecule has 0 aliphatic carbocycles. The predicted octanol–water partition coefficient (Wildman–Crippen LogP) is 0.548. The molecule has 0 saturated heterocycles. The third-order valence-corrected chi connectivity index (χ3v) is 1.87. The lowest BCUT2D eigenvalue weighted by Crippen LogP contribution is -2.04. The van der Waals surface area contributed by atoms with Crippen molar-refractivity contribution in [3.63, 3.8) is 0 Å². The van der Waals surface area contributed by atoms with Crippen molar-refractivity contribution in [3.05, 3.63) is 24.0 Å². The Balaban J connectivity index is 2.58. The van der Waals surface area contributed by atoms with Crippen LogP contribution in [-0.4, -0.2) is 20.1 Å². The lowest BCUT2D eigenvalue weighted by Gasteiger charge is -2.04. The van der Waals surface area contributed by atoms with Gasteiger partial charge in [-0.25, -0.2) is 4.39 Å². The Morgan fingerprint density at radius 2 is 1.69 bits per heavy atom. The summed E-state index contributed by atoms with van der Waals surface area (Å²) in [5.41, 5.74) is 11.0. The molecule has 5 N–H and O–H groups in total. The van der Waals surface area contributed by atoms with Crippen LogP contribution in [0.3, 0.4) is 0 Å². The normalized spacial score (nSPS) is 10.3. The van der Waals surface area contributed by atoms with Crippen molar-refractivity contribution < 1.29 is 9.50 Å². The smallest absolute Gasteiger partial charge is 0.225 e. The highest BCUT2D eigenvalue weighted by atomic mass is 19.1. The van der Waals surface area contributed by atoms with Crippen LogP contribution >= 0.6 is 0 Å². The fraction of sp³-hybridized carbons (Fsp3) is 0. The molecule has 0 bridgehead atoms. The van der Waals surface area contributed by atoms with Crippen molar-refractivity contribution in [2.45, 2.75) is 0 Å². The van der Waals surface area contributed by atoms with Gasteiger partial charge in [-0.05, 0) is 12.1 Å². The van der Waals surface area contributed by atoms with E-state index >= 15 is 0 Å².